The van der Waals surface area contributed by atoms with E-state index >= 15 is 0 Å². The van der Waals surface area contributed by atoms with Gasteiger partial charge in [-0.3, -0.25) is 34.3 Å². The molecule has 1 saturated carbocycles. The SMILES string of the molecule is CCN1CCN(CC)C(C)CN(CC)CC(Cc2ccc(C)cc2)N(CC)CC1.CCN1CCN(CC)C(Cc2ccc(C)cc2)CN(CC)C2CCCCC2N(CC)CC1.CCN1CCN(CC)CC2CCCC(CN(CC)C(Cc3ccc(C)cc3)C1)N2CC. The number of aryl methyl sites for hydroxylation is 3. The summed E-state index contributed by atoms with van der Waals surface area (Å²) >= 11 is 0. The van der Waals surface area contributed by atoms with Crippen LogP contribution in [0.4, 0.5) is 0 Å². The average Bonchev–Trinajstić information content (AvgIpc) is 0.950. The van der Waals surface area contributed by atoms with Crippen molar-refractivity contribution in [2.75, 3.05) is 183 Å². The smallest absolute Gasteiger partial charge is 0.0264 e. The number of piperidine rings is 1. The van der Waals surface area contributed by atoms with Crippen LogP contribution in [0.2, 0.25) is 0 Å². The van der Waals surface area contributed by atoms with E-state index < -0.39 is 0 Å². The van der Waals surface area contributed by atoms with Crippen molar-refractivity contribution in [2.45, 2.75) is 223 Å². The summed E-state index contributed by atoms with van der Waals surface area (Å²) < 4.78 is 0. The van der Waals surface area contributed by atoms with Crippen molar-refractivity contribution in [3.63, 3.8) is 0 Å². The Bertz CT molecular complexity index is 2350. The Morgan fingerprint density at radius 1 is 0.283 bits per heavy atom. The van der Waals surface area contributed by atoms with Gasteiger partial charge in [0.15, 0.2) is 0 Å². The highest BCUT2D eigenvalue weighted by Crippen LogP contribution is 2.30. The molecule has 4 saturated heterocycles. The average molecular weight is 1270 g/mol. The van der Waals surface area contributed by atoms with Crippen LogP contribution in [0.1, 0.15) is 168 Å². The van der Waals surface area contributed by atoms with Gasteiger partial charge in [0, 0.05) is 153 Å². The van der Waals surface area contributed by atoms with Crippen molar-refractivity contribution in [3.8, 4) is 0 Å². The van der Waals surface area contributed by atoms with Gasteiger partial charge in [-0.15, -0.1) is 0 Å². The van der Waals surface area contributed by atoms with Crippen LogP contribution in [0.5, 0.6) is 0 Å². The van der Waals surface area contributed by atoms with Crippen LogP contribution in [-0.4, -0.2) is 290 Å². The van der Waals surface area contributed by atoms with E-state index in [1.165, 1.54) is 203 Å². The van der Waals surface area contributed by atoms with E-state index in [1.807, 2.05) is 0 Å². The van der Waals surface area contributed by atoms with Crippen LogP contribution in [0.3, 0.4) is 0 Å². The largest absolute Gasteiger partial charge is 0.301 e. The summed E-state index contributed by atoms with van der Waals surface area (Å²) in [7, 11) is 0. The van der Waals surface area contributed by atoms with Gasteiger partial charge in [0.25, 0.3) is 0 Å². The summed E-state index contributed by atoms with van der Waals surface area (Å²) in [5.74, 6) is 0. The van der Waals surface area contributed by atoms with Crippen LogP contribution >= 0.6 is 0 Å². The lowest BCUT2D eigenvalue weighted by atomic mass is 9.87. The van der Waals surface area contributed by atoms with E-state index in [0.717, 1.165) is 90.2 Å². The van der Waals surface area contributed by atoms with E-state index in [1.54, 1.807) is 0 Å². The predicted molar refractivity (Wildman–Crippen MR) is 399 cm³/mol. The van der Waals surface area contributed by atoms with Gasteiger partial charge in [-0.2, -0.15) is 0 Å². The highest BCUT2D eigenvalue weighted by atomic mass is 15.3. The lowest BCUT2D eigenvalue weighted by Gasteiger charge is -2.47. The fraction of sp³-hybridized carbons (Fsp3) is 0.775. The van der Waals surface area contributed by atoms with Crippen molar-refractivity contribution in [2.24, 2.45) is 0 Å². The van der Waals surface area contributed by atoms with E-state index in [2.05, 4.69) is 242 Å². The zero-order valence-corrected chi connectivity index (χ0v) is 62.8. The fourth-order valence-corrected chi connectivity index (χ4v) is 16.7. The maximum absolute atomic E-state index is 2.87. The second-order valence-corrected chi connectivity index (χ2v) is 28.6. The summed E-state index contributed by atoms with van der Waals surface area (Å²) in [5, 5.41) is 0. The lowest BCUT2D eigenvalue weighted by Crippen LogP contribution is -2.58. The molecule has 0 radical (unpaired) electrons. The summed E-state index contributed by atoms with van der Waals surface area (Å²) in [6.07, 6.45) is 13.1. The Morgan fingerprint density at radius 3 is 1.04 bits per heavy atom. The van der Waals surface area contributed by atoms with Crippen molar-refractivity contribution in [1.82, 2.24) is 58.8 Å². The molecule has 8 rings (SSSR count). The van der Waals surface area contributed by atoms with Crippen molar-refractivity contribution in [1.29, 1.82) is 0 Å². The number of rotatable bonds is 18. The van der Waals surface area contributed by atoms with E-state index in [0.29, 0.717) is 36.3 Å². The number of benzene rings is 3. The molecule has 4 heterocycles. The third-order valence-electron chi connectivity index (χ3n) is 23.0. The minimum absolute atomic E-state index is 0.572. The third-order valence-corrected chi connectivity index (χ3v) is 23.0. The fourth-order valence-electron chi connectivity index (χ4n) is 16.7. The highest BCUT2D eigenvalue weighted by molar-refractivity contribution is 5.24. The molecule has 12 heteroatoms. The molecule has 1 aliphatic carbocycles. The molecule has 524 valence electrons. The zero-order valence-electron chi connectivity index (χ0n) is 62.8. The third kappa shape index (κ3) is 24.9. The Morgan fingerprint density at radius 2 is 0.630 bits per heavy atom. The molecule has 12 nitrogen and oxygen atoms in total. The van der Waals surface area contributed by atoms with Crippen LogP contribution in [0.25, 0.3) is 0 Å². The Labute approximate surface area is 568 Å². The normalized spacial score (nSPS) is 27.1. The molecule has 0 aromatic heterocycles. The molecule has 5 fully saturated rings. The van der Waals surface area contributed by atoms with Crippen LogP contribution in [0.15, 0.2) is 72.8 Å². The molecule has 0 spiro atoms. The molecule has 8 unspecified atom stereocenters. The van der Waals surface area contributed by atoms with Crippen molar-refractivity contribution < 1.29 is 0 Å². The molecule has 3 aromatic carbocycles. The van der Waals surface area contributed by atoms with Crippen LogP contribution in [0, 0.1) is 20.8 Å². The molecule has 4 aliphatic heterocycles. The summed E-state index contributed by atoms with van der Waals surface area (Å²) in [5.41, 5.74) is 8.51. The molecule has 3 aromatic rings. The van der Waals surface area contributed by atoms with Gasteiger partial charge in [0.2, 0.25) is 0 Å². The van der Waals surface area contributed by atoms with Gasteiger partial charge in [0.1, 0.15) is 0 Å². The molecular weight excluding hydrogens is 1130 g/mol. The first kappa shape index (κ1) is 78.2. The number of likely N-dealkylation sites (N-methyl/N-ethyl adjacent to an activating group) is 12. The lowest BCUT2D eigenvalue weighted by molar-refractivity contribution is 0.0198. The first-order chi connectivity index (χ1) is 44.7. The first-order valence-corrected chi connectivity index (χ1v) is 38.6. The maximum atomic E-state index is 2.87. The van der Waals surface area contributed by atoms with E-state index in [4.69, 9.17) is 0 Å². The summed E-state index contributed by atoms with van der Waals surface area (Å²) in [6.45, 7) is 70.1. The summed E-state index contributed by atoms with van der Waals surface area (Å²) in [6, 6.07) is 32.9. The van der Waals surface area contributed by atoms with Gasteiger partial charge in [-0.25, -0.2) is 0 Å². The highest BCUT2D eigenvalue weighted by Gasteiger charge is 2.37. The first-order valence-electron chi connectivity index (χ1n) is 38.6. The molecule has 0 N–H and O–H groups in total. The minimum atomic E-state index is 0.572. The topological polar surface area (TPSA) is 38.9 Å². The molecule has 8 atom stereocenters. The molecule has 5 aliphatic rings. The number of nitrogens with zero attached hydrogens (tertiary/aromatic N) is 12. The molecular formula is C80H144N12. The number of hydrogen-bond acceptors (Lipinski definition) is 12. The van der Waals surface area contributed by atoms with Crippen LogP contribution in [-0.2, 0) is 19.3 Å². The van der Waals surface area contributed by atoms with Gasteiger partial charge in [-0.05, 0) is 168 Å². The van der Waals surface area contributed by atoms with E-state index in [9.17, 15) is 0 Å². The summed E-state index contributed by atoms with van der Waals surface area (Å²) in [4.78, 5) is 33.0. The Hall–Kier alpha value is -2.82. The zero-order chi connectivity index (χ0) is 66.4. The van der Waals surface area contributed by atoms with Crippen molar-refractivity contribution in [3.05, 3.63) is 106 Å². The minimum Gasteiger partial charge on any atom is -0.301 e. The quantitative estimate of drug-likeness (QED) is 0.122. The maximum Gasteiger partial charge on any atom is 0.0264 e. The van der Waals surface area contributed by atoms with Crippen LogP contribution < -0.4 is 0 Å². The second-order valence-electron chi connectivity index (χ2n) is 28.6. The Balaban J connectivity index is 0.000000219. The standard InChI is InChI=1S/C28H50N4.C27H48N4.C25H46N4/c1-6-29-18-20-30(7-2)26(22-25-16-14-24(5)15-17-25)23-32(9-4)28-13-11-10-12-27(28)31(8-3)21-19-29;1-6-28-17-18-29(7-2)21-27(19-24-15-13-23(5)14-16-24)30(8-3)22-26-12-10-11-25(20-28)31(26)9-4;1-7-26-15-17-28(9-3)23(6)20-27(8-2)21-25(29(10-4)18-16-26)19-24-13-11-22(5)12-14-24/h14-17,26-28H,6-13,18-23H2,1-5H3;13-16,25-27H,6-12,17-22H2,1-5H3;11-14,23,25H,7-10,15-21H2,1-6H3. The van der Waals surface area contributed by atoms with E-state index in [-0.39, 0.29) is 0 Å². The predicted octanol–water partition coefficient (Wildman–Crippen LogP) is 12.2. The molecule has 0 amide bonds. The second kappa shape index (κ2) is 42.8. The molecule has 2 bridgehead atoms. The van der Waals surface area contributed by atoms with Gasteiger partial charge < -0.3 is 24.5 Å². The number of fused-ring (bicyclic) bond motifs is 3. The van der Waals surface area contributed by atoms with Crippen molar-refractivity contribution >= 4 is 0 Å². The monoisotopic (exact) mass is 1270 g/mol. The Kier molecular flexibility index (Phi) is 36.3. The van der Waals surface area contributed by atoms with Gasteiger partial charge in [-0.1, -0.05) is 192 Å². The number of hydrogen-bond donors (Lipinski definition) is 0. The molecule has 92 heavy (non-hydrogen) atoms. The van der Waals surface area contributed by atoms with Gasteiger partial charge >= 0.3 is 0 Å². The van der Waals surface area contributed by atoms with Gasteiger partial charge in [0.05, 0.1) is 0 Å².